The second kappa shape index (κ2) is 8.48. The van der Waals surface area contributed by atoms with Crippen LogP contribution in [0.1, 0.15) is 16.2 Å². The Labute approximate surface area is 180 Å². The van der Waals surface area contributed by atoms with E-state index in [2.05, 4.69) is 10.1 Å². The van der Waals surface area contributed by atoms with Gasteiger partial charge in [0.15, 0.2) is 0 Å². The summed E-state index contributed by atoms with van der Waals surface area (Å²) in [7, 11) is -2.09. The molecule has 4 rings (SSSR count). The van der Waals surface area contributed by atoms with Crippen molar-refractivity contribution in [1.82, 2.24) is 19.3 Å². The average molecular weight is 442 g/mol. The zero-order valence-electron chi connectivity index (χ0n) is 17.2. The lowest BCUT2D eigenvalue weighted by Gasteiger charge is -2.34. The Morgan fingerprint density at radius 3 is 2.19 bits per heavy atom. The SMILES string of the molecule is COc1ccc(S(=O)(=O)N2CCN(C(=O)c3ccc(-c4noc(C)n4)cc3)CC2)cc1. The van der Waals surface area contributed by atoms with Crippen LogP contribution in [0.25, 0.3) is 11.4 Å². The van der Waals surface area contributed by atoms with Crippen molar-refractivity contribution in [2.45, 2.75) is 11.8 Å². The van der Waals surface area contributed by atoms with Crippen LogP contribution in [0.15, 0.2) is 57.9 Å². The molecular weight excluding hydrogens is 420 g/mol. The van der Waals surface area contributed by atoms with Gasteiger partial charge in [0.1, 0.15) is 5.75 Å². The van der Waals surface area contributed by atoms with Crippen molar-refractivity contribution in [3.8, 4) is 17.1 Å². The largest absolute Gasteiger partial charge is 0.497 e. The summed E-state index contributed by atoms with van der Waals surface area (Å²) in [5, 5.41) is 3.87. The van der Waals surface area contributed by atoms with E-state index in [4.69, 9.17) is 9.26 Å². The molecule has 1 aromatic heterocycles. The molecule has 1 amide bonds. The van der Waals surface area contributed by atoms with Crippen molar-refractivity contribution in [2.24, 2.45) is 0 Å². The number of aromatic nitrogens is 2. The molecule has 1 fully saturated rings. The lowest BCUT2D eigenvalue weighted by molar-refractivity contribution is 0.0698. The van der Waals surface area contributed by atoms with Gasteiger partial charge in [-0.25, -0.2) is 8.42 Å². The van der Waals surface area contributed by atoms with Crippen molar-refractivity contribution >= 4 is 15.9 Å². The van der Waals surface area contributed by atoms with Crippen LogP contribution in [0.4, 0.5) is 0 Å². The predicted molar refractivity (Wildman–Crippen MR) is 112 cm³/mol. The molecule has 0 atom stereocenters. The molecule has 10 heteroatoms. The predicted octanol–water partition coefficient (Wildman–Crippen LogP) is 2.20. The lowest BCUT2D eigenvalue weighted by Crippen LogP contribution is -2.50. The molecule has 0 spiro atoms. The number of rotatable bonds is 5. The highest BCUT2D eigenvalue weighted by atomic mass is 32.2. The molecule has 1 aliphatic heterocycles. The number of hydrogen-bond acceptors (Lipinski definition) is 7. The van der Waals surface area contributed by atoms with Gasteiger partial charge in [-0.3, -0.25) is 4.79 Å². The Hall–Kier alpha value is -3.24. The van der Waals surface area contributed by atoms with E-state index in [1.165, 1.54) is 23.5 Å². The molecule has 0 aliphatic carbocycles. The molecule has 162 valence electrons. The smallest absolute Gasteiger partial charge is 0.253 e. The number of methoxy groups -OCH3 is 1. The van der Waals surface area contributed by atoms with Crippen LogP contribution in [-0.2, 0) is 10.0 Å². The molecule has 0 unspecified atom stereocenters. The number of carbonyl (C=O) groups excluding carboxylic acids is 1. The monoisotopic (exact) mass is 442 g/mol. The van der Waals surface area contributed by atoms with E-state index in [9.17, 15) is 13.2 Å². The molecule has 9 nitrogen and oxygen atoms in total. The van der Waals surface area contributed by atoms with Gasteiger partial charge in [-0.15, -0.1) is 0 Å². The summed E-state index contributed by atoms with van der Waals surface area (Å²) < 4.78 is 37.2. The zero-order chi connectivity index (χ0) is 22.0. The highest BCUT2D eigenvalue weighted by Gasteiger charge is 2.30. The fourth-order valence-electron chi connectivity index (χ4n) is 3.39. The van der Waals surface area contributed by atoms with Crippen molar-refractivity contribution in [1.29, 1.82) is 0 Å². The number of aryl methyl sites for hydroxylation is 1. The third kappa shape index (κ3) is 4.30. The van der Waals surface area contributed by atoms with E-state index in [0.717, 1.165) is 5.56 Å². The Balaban J connectivity index is 1.40. The van der Waals surface area contributed by atoms with Crippen molar-refractivity contribution in [3.63, 3.8) is 0 Å². The van der Waals surface area contributed by atoms with Gasteiger partial charge in [-0.2, -0.15) is 9.29 Å². The van der Waals surface area contributed by atoms with Crippen molar-refractivity contribution in [2.75, 3.05) is 33.3 Å². The van der Waals surface area contributed by atoms with E-state index in [1.54, 1.807) is 48.2 Å². The highest BCUT2D eigenvalue weighted by molar-refractivity contribution is 7.89. The van der Waals surface area contributed by atoms with Gasteiger partial charge < -0.3 is 14.2 Å². The number of benzene rings is 2. The molecule has 0 saturated carbocycles. The molecule has 31 heavy (non-hydrogen) atoms. The third-order valence-electron chi connectivity index (χ3n) is 5.14. The Bertz CT molecular complexity index is 1170. The van der Waals surface area contributed by atoms with E-state index in [1.807, 2.05) is 0 Å². The van der Waals surface area contributed by atoms with Crippen LogP contribution in [0.3, 0.4) is 0 Å². The third-order valence-corrected chi connectivity index (χ3v) is 7.05. The summed E-state index contributed by atoms with van der Waals surface area (Å²) >= 11 is 0. The van der Waals surface area contributed by atoms with Crippen LogP contribution in [0.5, 0.6) is 5.75 Å². The maximum atomic E-state index is 12.9. The molecule has 1 aliphatic rings. The lowest BCUT2D eigenvalue weighted by atomic mass is 10.1. The average Bonchev–Trinajstić information content (AvgIpc) is 3.25. The highest BCUT2D eigenvalue weighted by Crippen LogP contribution is 2.22. The maximum Gasteiger partial charge on any atom is 0.253 e. The Morgan fingerprint density at radius 1 is 1.00 bits per heavy atom. The fraction of sp³-hybridized carbons (Fsp3) is 0.286. The minimum Gasteiger partial charge on any atom is -0.497 e. The number of piperazine rings is 1. The minimum absolute atomic E-state index is 0.141. The van der Waals surface area contributed by atoms with Crippen molar-refractivity contribution < 1.29 is 22.5 Å². The summed E-state index contributed by atoms with van der Waals surface area (Å²) in [5.41, 5.74) is 1.28. The number of nitrogens with zero attached hydrogens (tertiary/aromatic N) is 4. The topological polar surface area (TPSA) is 106 Å². The maximum absolute atomic E-state index is 12.9. The van der Waals surface area contributed by atoms with Crippen LogP contribution in [-0.4, -0.2) is 67.0 Å². The molecule has 0 radical (unpaired) electrons. The van der Waals surface area contributed by atoms with Gasteiger partial charge in [0, 0.05) is 44.2 Å². The Morgan fingerprint density at radius 2 is 1.65 bits per heavy atom. The van der Waals surface area contributed by atoms with Crippen LogP contribution in [0, 0.1) is 6.92 Å². The van der Waals surface area contributed by atoms with E-state index in [0.29, 0.717) is 36.1 Å². The first-order valence-electron chi connectivity index (χ1n) is 9.73. The summed E-state index contributed by atoms with van der Waals surface area (Å²) in [6.45, 7) is 2.82. The summed E-state index contributed by atoms with van der Waals surface area (Å²) in [6.07, 6.45) is 0. The van der Waals surface area contributed by atoms with Gasteiger partial charge >= 0.3 is 0 Å². The minimum atomic E-state index is -3.62. The molecule has 0 N–H and O–H groups in total. The number of carbonyl (C=O) groups is 1. The van der Waals surface area contributed by atoms with E-state index < -0.39 is 10.0 Å². The standard InChI is InChI=1S/C21H22N4O5S/c1-15-22-20(23-30-15)16-3-5-17(6-4-16)21(26)24-11-13-25(14-12-24)31(27,28)19-9-7-18(29-2)8-10-19/h3-10H,11-14H2,1-2H3. The van der Waals surface area contributed by atoms with E-state index in [-0.39, 0.29) is 23.9 Å². The number of sulfonamides is 1. The fourth-order valence-corrected chi connectivity index (χ4v) is 4.81. The van der Waals surface area contributed by atoms with Gasteiger partial charge in [0.2, 0.25) is 21.7 Å². The molecule has 1 saturated heterocycles. The number of ether oxygens (including phenoxy) is 1. The van der Waals surface area contributed by atoms with Crippen LogP contribution in [0.2, 0.25) is 0 Å². The molecule has 3 aromatic rings. The van der Waals surface area contributed by atoms with E-state index >= 15 is 0 Å². The zero-order valence-corrected chi connectivity index (χ0v) is 18.0. The summed E-state index contributed by atoms with van der Waals surface area (Å²) in [5.74, 6) is 1.39. The molecule has 2 aromatic carbocycles. The van der Waals surface area contributed by atoms with Gasteiger partial charge in [0.05, 0.1) is 12.0 Å². The van der Waals surface area contributed by atoms with Crippen LogP contribution >= 0.6 is 0 Å². The van der Waals surface area contributed by atoms with Gasteiger partial charge in [0.25, 0.3) is 5.91 Å². The first-order chi connectivity index (χ1) is 14.9. The first kappa shape index (κ1) is 21.0. The first-order valence-corrected chi connectivity index (χ1v) is 11.2. The second-order valence-electron chi connectivity index (χ2n) is 7.09. The Kier molecular flexibility index (Phi) is 5.75. The number of hydrogen-bond donors (Lipinski definition) is 0. The quantitative estimate of drug-likeness (QED) is 0.596. The summed E-state index contributed by atoms with van der Waals surface area (Å²) in [6, 6.07) is 13.2. The van der Waals surface area contributed by atoms with Gasteiger partial charge in [-0.1, -0.05) is 17.3 Å². The molecule has 0 bridgehead atoms. The molecular formula is C21H22N4O5S. The normalized spacial score (nSPS) is 15.1. The number of amides is 1. The van der Waals surface area contributed by atoms with Crippen LogP contribution < -0.4 is 4.74 Å². The summed E-state index contributed by atoms with van der Waals surface area (Å²) in [4.78, 5) is 18.9. The second-order valence-corrected chi connectivity index (χ2v) is 9.02. The van der Waals surface area contributed by atoms with Crippen molar-refractivity contribution in [3.05, 3.63) is 60.0 Å². The van der Waals surface area contributed by atoms with Gasteiger partial charge in [-0.05, 0) is 36.4 Å². The molecule has 2 heterocycles.